The minimum atomic E-state index is 0.270. The first-order chi connectivity index (χ1) is 11.1. The molecule has 0 fully saturated rings. The van der Waals surface area contributed by atoms with E-state index in [0.717, 1.165) is 50.5 Å². The van der Waals surface area contributed by atoms with Gasteiger partial charge < -0.3 is 9.47 Å². The average molecular weight is 332 g/mol. The average Bonchev–Trinajstić information content (AvgIpc) is 3.13. The molecular formula is C17H24N4OS. The van der Waals surface area contributed by atoms with Crippen molar-refractivity contribution in [2.24, 2.45) is 0 Å². The topological polar surface area (TPSA) is 51.0 Å². The highest BCUT2D eigenvalue weighted by Gasteiger charge is 2.22. The maximum absolute atomic E-state index is 12.5. The van der Waals surface area contributed by atoms with Crippen molar-refractivity contribution in [2.45, 2.75) is 52.0 Å². The van der Waals surface area contributed by atoms with Crippen LogP contribution in [0.25, 0.3) is 0 Å². The highest BCUT2D eigenvalue weighted by atomic mass is 32.1. The molecule has 1 amide bonds. The van der Waals surface area contributed by atoms with Crippen molar-refractivity contribution >= 4 is 17.2 Å². The lowest BCUT2D eigenvalue weighted by Gasteiger charge is -2.20. The van der Waals surface area contributed by atoms with Gasteiger partial charge in [-0.1, -0.05) is 19.9 Å². The van der Waals surface area contributed by atoms with Gasteiger partial charge in [-0.05, 0) is 24.3 Å². The van der Waals surface area contributed by atoms with Crippen LogP contribution in [0.4, 0.5) is 0 Å². The lowest BCUT2D eigenvalue weighted by atomic mass is 10.2. The normalized spacial score (nSPS) is 14.8. The number of rotatable bonds is 5. The quantitative estimate of drug-likeness (QED) is 0.846. The van der Waals surface area contributed by atoms with Crippen LogP contribution in [0.15, 0.2) is 17.5 Å². The van der Waals surface area contributed by atoms with Crippen molar-refractivity contribution in [1.29, 1.82) is 0 Å². The van der Waals surface area contributed by atoms with Gasteiger partial charge in [0.1, 0.15) is 11.6 Å². The molecule has 2 aromatic heterocycles. The fraction of sp³-hybridized carbons (Fsp3) is 0.588. The van der Waals surface area contributed by atoms with Crippen LogP contribution in [0.1, 0.15) is 49.1 Å². The van der Waals surface area contributed by atoms with Crippen molar-refractivity contribution in [3.63, 3.8) is 0 Å². The molecule has 6 heteroatoms. The summed E-state index contributed by atoms with van der Waals surface area (Å²) in [6, 6.07) is 4.21. The third kappa shape index (κ3) is 3.80. The van der Waals surface area contributed by atoms with Gasteiger partial charge in [-0.25, -0.2) is 0 Å². The SMILES string of the molecule is CC(C)c1nnc2n1CCN(C(=O)CCCc1cccs1)CC2. The van der Waals surface area contributed by atoms with Crippen molar-refractivity contribution in [3.8, 4) is 0 Å². The molecule has 0 aromatic carbocycles. The Kier molecular flexibility index (Phi) is 5.10. The monoisotopic (exact) mass is 332 g/mol. The van der Waals surface area contributed by atoms with Crippen LogP contribution in [0, 0.1) is 0 Å². The van der Waals surface area contributed by atoms with Gasteiger partial charge in [0.05, 0.1) is 0 Å². The molecule has 3 rings (SSSR count). The second-order valence-corrected chi connectivity index (χ2v) is 7.38. The van der Waals surface area contributed by atoms with Gasteiger partial charge in [0.15, 0.2) is 0 Å². The van der Waals surface area contributed by atoms with Crippen LogP contribution < -0.4 is 0 Å². The Bertz CT molecular complexity index is 648. The second kappa shape index (κ2) is 7.25. The first-order valence-corrected chi connectivity index (χ1v) is 9.25. The summed E-state index contributed by atoms with van der Waals surface area (Å²) in [5.41, 5.74) is 0. The largest absolute Gasteiger partial charge is 0.340 e. The van der Waals surface area contributed by atoms with Gasteiger partial charge in [0, 0.05) is 43.3 Å². The predicted molar refractivity (Wildman–Crippen MR) is 91.7 cm³/mol. The van der Waals surface area contributed by atoms with Gasteiger partial charge in [-0.15, -0.1) is 21.5 Å². The molecule has 0 radical (unpaired) electrons. The fourth-order valence-electron chi connectivity index (χ4n) is 3.05. The van der Waals surface area contributed by atoms with Crippen molar-refractivity contribution in [3.05, 3.63) is 34.0 Å². The minimum absolute atomic E-state index is 0.270. The number of aryl methyl sites for hydroxylation is 1. The number of fused-ring (bicyclic) bond motifs is 1. The molecule has 0 atom stereocenters. The van der Waals surface area contributed by atoms with Gasteiger partial charge in [0.25, 0.3) is 0 Å². The molecule has 0 saturated heterocycles. The Morgan fingerprint density at radius 1 is 1.30 bits per heavy atom. The van der Waals surface area contributed by atoms with E-state index in [4.69, 9.17) is 0 Å². The van der Waals surface area contributed by atoms with E-state index in [1.807, 2.05) is 4.90 Å². The first-order valence-electron chi connectivity index (χ1n) is 8.37. The van der Waals surface area contributed by atoms with E-state index in [1.54, 1.807) is 11.3 Å². The van der Waals surface area contributed by atoms with Crippen molar-refractivity contribution in [1.82, 2.24) is 19.7 Å². The lowest BCUT2D eigenvalue weighted by Crippen LogP contribution is -2.33. The van der Waals surface area contributed by atoms with Gasteiger partial charge >= 0.3 is 0 Å². The summed E-state index contributed by atoms with van der Waals surface area (Å²) >= 11 is 1.77. The Balaban J connectivity index is 1.53. The third-order valence-electron chi connectivity index (χ3n) is 4.32. The van der Waals surface area contributed by atoms with E-state index in [1.165, 1.54) is 4.88 Å². The molecule has 0 bridgehead atoms. The van der Waals surface area contributed by atoms with E-state index in [0.29, 0.717) is 12.3 Å². The highest BCUT2D eigenvalue weighted by molar-refractivity contribution is 7.09. The number of nitrogens with zero attached hydrogens (tertiary/aromatic N) is 4. The zero-order valence-corrected chi connectivity index (χ0v) is 14.7. The maximum atomic E-state index is 12.5. The molecule has 5 nitrogen and oxygen atoms in total. The second-order valence-electron chi connectivity index (χ2n) is 6.34. The molecule has 0 N–H and O–H groups in total. The van der Waals surface area contributed by atoms with Gasteiger partial charge in [0.2, 0.25) is 5.91 Å². The van der Waals surface area contributed by atoms with Crippen molar-refractivity contribution < 1.29 is 4.79 Å². The van der Waals surface area contributed by atoms with Gasteiger partial charge in [-0.3, -0.25) is 4.79 Å². The Morgan fingerprint density at radius 3 is 2.91 bits per heavy atom. The summed E-state index contributed by atoms with van der Waals surface area (Å²) in [5, 5.41) is 10.7. The number of thiophene rings is 1. The number of hydrogen-bond donors (Lipinski definition) is 0. The predicted octanol–water partition coefficient (Wildman–Crippen LogP) is 2.87. The van der Waals surface area contributed by atoms with E-state index in [-0.39, 0.29) is 5.91 Å². The minimum Gasteiger partial charge on any atom is -0.340 e. The van der Waals surface area contributed by atoms with E-state index >= 15 is 0 Å². The zero-order valence-electron chi connectivity index (χ0n) is 13.9. The molecule has 23 heavy (non-hydrogen) atoms. The zero-order chi connectivity index (χ0) is 16.2. The summed E-state index contributed by atoms with van der Waals surface area (Å²) < 4.78 is 2.20. The van der Waals surface area contributed by atoms with E-state index in [2.05, 4.69) is 46.1 Å². The maximum Gasteiger partial charge on any atom is 0.222 e. The van der Waals surface area contributed by atoms with Gasteiger partial charge in [-0.2, -0.15) is 0 Å². The summed E-state index contributed by atoms with van der Waals surface area (Å²) in [7, 11) is 0. The summed E-state index contributed by atoms with van der Waals surface area (Å²) in [6.45, 7) is 6.61. The summed E-state index contributed by atoms with van der Waals surface area (Å²) in [4.78, 5) is 15.8. The number of hydrogen-bond acceptors (Lipinski definition) is 4. The fourth-order valence-corrected chi connectivity index (χ4v) is 3.80. The van der Waals surface area contributed by atoms with E-state index in [9.17, 15) is 4.79 Å². The van der Waals surface area contributed by atoms with Crippen LogP contribution in [0.3, 0.4) is 0 Å². The molecule has 2 aromatic rings. The third-order valence-corrected chi connectivity index (χ3v) is 5.25. The Labute approximate surface area is 141 Å². The molecule has 0 aliphatic carbocycles. The molecule has 1 aliphatic heterocycles. The number of carbonyl (C=O) groups excluding carboxylic acids is 1. The number of amides is 1. The lowest BCUT2D eigenvalue weighted by molar-refractivity contribution is -0.131. The van der Waals surface area contributed by atoms with Crippen LogP contribution in [0.2, 0.25) is 0 Å². The standard InChI is InChI=1S/C17H24N4OS/c1-13(2)17-19-18-15-8-9-20(10-11-21(15)17)16(22)7-3-5-14-6-4-12-23-14/h4,6,12-13H,3,5,7-11H2,1-2H3. The van der Waals surface area contributed by atoms with Crippen LogP contribution >= 0.6 is 11.3 Å². The summed E-state index contributed by atoms with van der Waals surface area (Å²) in [5.74, 6) is 2.69. The van der Waals surface area contributed by atoms with Crippen LogP contribution in [0.5, 0.6) is 0 Å². The van der Waals surface area contributed by atoms with Crippen LogP contribution in [-0.2, 0) is 24.2 Å². The smallest absolute Gasteiger partial charge is 0.222 e. The summed E-state index contributed by atoms with van der Waals surface area (Å²) in [6.07, 6.45) is 3.37. The molecular weight excluding hydrogens is 308 g/mol. The Morgan fingerprint density at radius 2 is 2.17 bits per heavy atom. The number of carbonyl (C=O) groups is 1. The molecule has 124 valence electrons. The highest BCUT2D eigenvalue weighted by Crippen LogP contribution is 2.17. The van der Waals surface area contributed by atoms with Crippen LogP contribution in [-0.4, -0.2) is 38.7 Å². The molecule has 1 aliphatic rings. The van der Waals surface area contributed by atoms with E-state index < -0.39 is 0 Å². The number of aromatic nitrogens is 3. The Hall–Kier alpha value is -1.69. The first kappa shape index (κ1) is 16.2. The molecule has 0 unspecified atom stereocenters. The molecule has 0 spiro atoms. The molecule has 0 saturated carbocycles. The van der Waals surface area contributed by atoms with Crippen molar-refractivity contribution in [2.75, 3.05) is 13.1 Å². The molecule has 3 heterocycles.